The summed E-state index contributed by atoms with van der Waals surface area (Å²) in [5.41, 5.74) is 5.46. The molecular weight excluding hydrogens is 526 g/mol. The molecule has 2 aromatic heterocycles. The van der Waals surface area contributed by atoms with Crippen LogP contribution >= 0.6 is 12.2 Å². The van der Waals surface area contributed by atoms with Crippen LogP contribution in [-0.2, 0) is 0 Å². The van der Waals surface area contributed by atoms with Crippen molar-refractivity contribution in [1.29, 1.82) is 0 Å². The van der Waals surface area contributed by atoms with E-state index in [1.54, 1.807) is 12.3 Å². The Morgan fingerprint density at radius 3 is 2.45 bits per heavy atom. The van der Waals surface area contributed by atoms with Gasteiger partial charge in [-0.2, -0.15) is 0 Å². The lowest BCUT2D eigenvalue weighted by Crippen LogP contribution is -2.29. The molecule has 0 radical (unpaired) electrons. The number of rotatable bonds is 8. The normalized spacial score (nSPS) is 16.8. The van der Waals surface area contributed by atoms with Crippen molar-refractivity contribution in [1.82, 2.24) is 14.9 Å². The molecule has 1 fully saturated rings. The van der Waals surface area contributed by atoms with Gasteiger partial charge >= 0.3 is 0 Å². The Bertz CT molecular complexity index is 1550. The molecule has 1 N–H and O–H groups in total. The summed E-state index contributed by atoms with van der Waals surface area (Å²) in [6.07, 6.45) is 1.85. The van der Waals surface area contributed by atoms with Gasteiger partial charge in [-0.15, -0.1) is 0 Å². The van der Waals surface area contributed by atoms with E-state index in [0.717, 1.165) is 39.8 Å². The van der Waals surface area contributed by atoms with Crippen LogP contribution < -0.4 is 19.7 Å². The van der Waals surface area contributed by atoms with E-state index in [2.05, 4.69) is 25.8 Å². The molecule has 3 heterocycles. The van der Waals surface area contributed by atoms with E-state index in [4.69, 9.17) is 21.7 Å². The van der Waals surface area contributed by atoms with Gasteiger partial charge in [0.2, 0.25) is 0 Å². The maximum Gasteiger partial charge on any atom is 0.273 e. The number of hydrogen-bond donors (Lipinski definition) is 1. The van der Waals surface area contributed by atoms with Crippen LogP contribution in [0.5, 0.6) is 11.5 Å². The summed E-state index contributed by atoms with van der Waals surface area (Å²) in [6, 6.07) is 20.1. The Morgan fingerprint density at radius 1 is 1.07 bits per heavy atom. The van der Waals surface area contributed by atoms with E-state index >= 15 is 0 Å². The molecule has 1 aliphatic rings. The third kappa shape index (κ3) is 4.98. The topological polar surface area (TPSA) is 94.7 Å². The lowest BCUT2D eigenvalue weighted by Gasteiger charge is -2.28. The Labute approximate surface area is 238 Å². The highest BCUT2D eigenvalue weighted by Gasteiger charge is 2.42. The minimum absolute atomic E-state index is 0.0279. The second-order valence-corrected chi connectivity index (χ2v) is 10.3. The highest BCUT2D eigenvalue weighted by Crippen LogP contribution is 2.44. The zero-order chi connectivity index (χ0) is 28.6. The second kappa shape index (κ2) is 11.0. The standard InChI is InChI=1S/C30H31N5O4S/c1-18(2)39-23-12-9-21(10-13-23)34-29(28(32-30(34)40)25-8-6-7-15-31-25)24-16-19(3)33(20(24)4)26-14-11-22(35(36)37)17-27(26)38-5/h6-18,28-29H,1-5H3,(H,32,40)/t28-,29-/m0/s1. The van der Waals surface area contributed by atoms with Gasteiger partial charge in [-0.1, -0.05) is 6.07 Å². The van der Waals surface area contributed by atoms with Gasteiger partial charge in [-0.05, 0) is 94.0 Å². The summed E-state index contributed by atoms with van der Waals surface area (Å²) in [6.45, 7) is 8.04. The largest absolute Gasteiger partial charge is 0.494 e. The van der Waals surface area contributed by atoms with Gasteiger partial charge in [-0.25, -0.2) is 0 Å². The highest BCUT2D eigenvalue weighted by atomic mass is 32.1. The van der Waals surface area contributed by atoms with Gasteiger partial charge in [0.05, 0.1) is 47.7 Å². The van der Waals surface area contributed by atoms with Crippen LogP contribution in [0.15, 0.2) is 72.9 Å². The summed E-state index contributed by atoms with van der Waals surface area (Å²) in [7, 11) is 1.52. The third-order valence-electron chi connectivity index (χ3n) is 6.99. The molecule has 1 saturated heterocycles. The van der Waals surface area contributed by atoms with Crippen LogP contribution in [0.25, 0.3) is 5.69 Å². The number of pyridine rings is 1. The molecular formula is C30H31N5O4S. The SMILES string of the molecule is COc1cc([N+](=O)[O-])ccc1-n1c(C)cc([C@H]2[C@H](c3ccccn3)NC(=S)N2c2ccc(OC(C)C)cc2)c1C. The average Bonchev–Trinajstić information content (AvgIpc) is 3.43. The first-order valence-electron chi connectivity index (χ1n) is 13.0. The van der Waals surface area contributed by atoms with E-state index in [9.17, 15) is 10.1 Å². The smallest absolute Gasteiger partial charge is 0.273 e. The van der Waals surface area contributed by atoms with Crippen LogP contribution in [0, 0.1) is 24.0 Å². The number of aryl methyl sites for hydroxylation is 1. The quantitative estimate of drug-likeness (QED) is 0.152. The van der Waals surface area contributed by atoms with E-state index < -0.39 is 4.92 Å². The van der Waals surface area contributed by atoms with E-state index in [0.29, 0.717) is 10.9 Å². The number of methoxy groups -OCH3 is 1. The van der Waals surface area contributed by atoms with Gasteiger partial charge in [0.1, 0.15) is 11.5 Å². The number of anilines is 1. The van der Waals surface area contributed by atoms with Crippen molar-refractivity contribution < 1.29 is 14.4 Å². The number of ether oxygens (including phenoxy) is 2. The first-order chi connectivity index (χ1) is 19.2. The summed E-state index contributed by atoms with van der Waals surface area (Å²) in [4.78, 5) is 17.7. The monoisotopic (exact) mass is 557 g/mol. The lowest BCUT2D eigenvalue weighted by molar-refractivity contribution is -0.384. The summed E-state index contributed by atoms with van der Waals surface area (Å²) >= 11 is 5.90. The first-order valence-corrected chi connectivity index (χ1v) is 13.4. The van der Waals surface area contributed by atoms with Crippen LogP contribution in [0.4, 0.5) is 11.4 Å². The van der Waals surface area contributed by atoms with E-state index in [1.165, 1.54) is 19.2 Å². The number of nitrogens with one attached hydrogen (secondary N) is 1. The van der Waals surface area contributed by atoms with Crippen LogP contribution in [0.2, 0.25) is 0 Å². The number of nitrogens with zero attached hydrogens (tertiary/aromatic N) is 4. The predicted octanol–water partition coefficient (Wildman–Crippen LogP) is 6.37. The van der Waals surface area contributed by atoms with Crippen molar-refractivity contribution in [2.45, 2.75) is 45.9 Å². The molecule has 2 aromatic carbocycles. The molecule has 4 aromatic rings. The molecule has 0 bridgehead atoms. The molecule has 0 spiro atoms. The third-order valence-corrected chi connectivity index (χ3v) is 7.30. The Hall–Kier alpha value is -4.44. The predicted molar refractivity (Wildman–Crippen MR) is 159 cm³/mol. The van der Waals surface area contributed by atoms with E-state index in [1.807, 2.05) is 70.2 Å². The minimum Gasteiger partial charge on any atom is -0.494 e. The van der Waals surface area contributed by atoms with Crippen molar-refractivity contribution >= 4 is 28.7 Å². The van der Waals surface area contributed by atoms with Gasteiger partial charge < -0.3 is 24.3 Å². The van der Waals surface area contributed by atoms with Crippen molar-refractivity contribution in [3.8, 4) is 17.2 Å². The fourth-order valence-corrected chi connectivity index (χ4v) is 5.67. The van der Waals surface area contributed by atoms with E-state index in [-0.39, 0.29) is 23.9 Å². The second-order valence-electron chi connectivity index (χ2n) is 9.93. The molecule has 0 saturated carbocycles. The van der Waals surface area contributed by atoms with Crippen molar-refractivity contribution in [2.24, 2.45) is 0 Å². The molecule has 0 unspecified atom stereocenters. The summed E-state index contributed by atoms with van der Waals surface area (Å²) in [5, 5.41) is 15.5. The number of hydrogen-bond acceptors (Lipinski definition) is 6. The van der Waals surface area contributed by atoms with Crippen molar-refractivity contribution in [2.75, 3.05) is 12.0 Å². The summed E-state index contributed by atoms with van der Waals surface area (Å²) in [5.74, 6) is 1.21. The Kier molecular flexibility index (Phi) is 7.44. The number of thiocarbonyl (C=S) groups is 1. The maximum absolute atomic E-state index is 11.4. The highest BCUT2D eigenvalue weighted by molar-refractivity contribution is 7.80. The van der Waals surface area contributed by atoms with Gasteiger partial charge in [0.15, 0.2) is 5.11 Å². The molecule has 0 amide bonds. The van der Waals surface area contributed by atoms with Gasteiger partial charge in [0, 0.05) is 29.3 Å². The van der Waals surface area contributed by atoms with Crippen molar-refractivity contribution in [3.63, 3.8) is 0 Å². The number of nitro groups is 1. The zero-order valence-corrected chi connectivity index (χ0v) is 23.8. The molecule has 206 valence electrons. The molecule has 9 nitrogen and oxygen atoms in total. The lowest BCUT2D eigenvalue weighted by atomic mass is 9.96. The molecule has 2 atom stereocenters. The minimum atomic E-state index is -0.426. The number of aromatic nitrogens is 2. The number of non-ortho nitro benzene ring substituents is 1. The maximum atomic E-state index is 11.4. The molecule has 1 aliphatic heterocycles. The molecule has 10 heteroatoms. The van der Waals surface area contributed by atoms with Crippen LogP contribution in [0.3, 0.4) is 0 Å². The number of nitro benzene ring substituents is 1. The van der Waals surface area contributed by atoms with Crippen molar-refractivity contribution in [3.05, 3.63) is 106 Å². The number of benzene rings is 2. The first kappa shape index (κ1) is 27.1. The van der Waals surface area contributed by atoms with Gasteiger partial charge in [-0.3, -0.25) is 15.1 Å². The summed E-state index contributed by atoms with van der Waals surface area (Å²) < 4.78 is 13.5. The van der Waals surface area contributed by atoms with Crippen LogP contribution in [-0.4, -0.2) is 32.8 Å². The Balaban J connectivity index is 1.64. The zero-order valence-electron chi connectivity index (χ0n) is 23.0. The van der Waals surface area contributed by atoms with Crippen LogP contribution in [0.1, 0.15) is 48.6 Å². The van der Waals surface area contributed by atoms with Gasteiger partial charge in [0.25, 0.3) is 5.69 Å². The molecule has 0 aliphatic carbocycles. The average molecular weight is 558 g/mol. The fraction of sp³-hybridized carbons (Fsp3) is 0.267. The fourth-order valence-electron chi connectivity index (χ4n) is 5.33. The molecule has 5 rings (SSSR count). The Morgan fingerprint density at radius 2 is 1.82 bits per heavy atom. The molecule has 40 heavy (non-hydrogen) atoms.